The number of amides is 3. The van der Waals surface area contributed by atoms with Crippen molar-refractivity contribution in [2.75, 3.05) is 27.8 Å². The number of nitrogens with zero attached hydrogens (tertiary/aromatic N) is 2. The molecule has 1 saturated heterocycles. The highest BCUT2D eigenvalue weighted by Gasteiger charge is 2.35. The van der Waals surface area contributed by atoms with Gasteiger partial charge in [-0.05, 0) is 77.3 Å². The van der Waals surface area contributed by atoms with Crippen molar-refractivity contribution in [3.05, 3.63) is 99.7 Å². The van der Waals surface area contributed by atoms with E-state index in [4.69, 9.17) is 9.47 Å². The molecule has 0 unspecified atom stereocenters. The summed E-state index contributed by atoms with van der Waals surface area (Å²) in [5.41, 5.74) is 2.77. The maximum atomic E-state index is 13.2. The van der Waals surface area contributed by atoms with Gasteiger partial charge in [0.1, 0.15) is 5.82 Å². The Morgan fingerprint density at radius 1 is 0.974 bits per heavy atom. The third-order valence-corrected chi connectivity index (χ3v) is 7.00. The number of thioether (sulfide) groups is 1. The number of carbonyl (C=O) groups excluding carboxylic acids is 3. The van der Waals surface area contributed by atoms with Crippen LogP contribution in [0.1, 0.15) is 27.0 Å². The van der Waals surface area contributed by atoms with Crippen LogP contribution in [0.2, 0.25) is 0 Å². The number of ether oxygens (including phenoxy) is 2. The molecule has 0 spiro atoms. The van der Waals surface area contributed by atoms with Crippen LogP contribution in [0.25, 0.3) is 6.08 Å². The third-order valence-electron chi connectivity index (χ3n) is 6.09. The van der Waals surface area contributed by atoms with Crippen LogP contribution in [0.15, 0.2) is 71.6 Å². The standard InChI is InChI=1S/C29H27FN2O5S/c1-31(14-13-19-9-12-24(36-2)25(16-19)37-3)27(33)22-6-4-5-21(15-22)17-26-28(34)32(29(35)38-26)18-20-7-10-23(30)11-8-20/h4-12,15-17H,13-14,18H2,1-3H3/b26-17-. The molecule has 9 heteroatoms. The molecule has 38 heavy (non-hydrogen) atoms. The summed E-state index contributed by atoms with van der Waals surface area (Å²) in [5.74, 6) is 0.307. The van der Waals surface area contributed by atoms with Crippen LogP contribution in [0, 0.1) is 5.82 Å². The fourth-order valence-corrected chi connectivity index (χ4v) is 4.81. The van der Waals surface area contributed by atoms with Crippen LogP contribution in [0.5, 0.6) is 11.5 Å². The number of imide groups is 1. The second-order valence-corrected chi connectivity index (χ2v) is 9.68. The Morgan fingerprint density at radius 2 is 1.68 bits per heavy atom. The fraction of sp³-hybridized carbons (Fsp3) is 0.207. The van der Waals surface area contributed by atoms with Crippen molar-refractivity contribution in [1.82, 2.24) is 9.80 Å². The lowest BCUT2D eigenvalue weighted by atomic mass is 10.1. The quantitative estimate of drug-likeness (QED) is 0.343. The largest absolute Gasteiger partial charge is 0.493 e. The van der Waals surface area contributed by atoms with Crippen LogP contribution in [-0.4, -0.2) is 54.7 Å². The van der Waals surface area contributed by atoms with E-state index in [1.165, 1.54) is 12.1 Å². The van der Waals surface area contributed by atoms with E-state index < -0.39 is 11.1 Å². The molecule has 0 atom stereocenters. The van der Waals surface area contributed by atoms with Gasteiger partial charge in [0, 0.05) is 19.2 Å². The lowest BCUT2D eigenvalue weighted by Gasteiger charge is -2.18. The Morgan fingerprint density at radius 3 is 2.39 bits per heavy atom. The van der Waals surface area contributed by atoms with E-state index in [1.807, 2.05) is 18.2 Å². The lowest BCUT2D eigenvalue weighted by Crippen LogP contribution is -2.28. The molecule has 0 radical (unpaired) electrons. The average Bonchev–Trinajstić information content (AvgIpc) is 3.19. The molecule has 196 valence electrons. The fourth-order valence-electron chi connectivity index (χ4n) is 3.98. The summed E-state index contributed by atoms with van der Waals surface area (Å²) in [7, 11) is 4.89. The van der Waals surface area contributed by atoms with E-state index in [0.717, 1.165) is 22.2 Å². The number of halogens is 1. The normalized spacial score (nSPS) is 14.2. The average molecular weight is 535 g/mol. The van der Waals surface area contributed by atoms with Crippen molar-refractivity contribution >= 4 is 34.9 Å². The number of carbonyl (C=O) groups is 3. The summed E-state index contributed by atoms with van der Waals surface area (Å²) in [5, 5.41) is -0.396. The van der Waals surface area contributed by atoms with Crippen LogP contribution in [0.4, 0.5) is 9.18 Å². The van der Waals surface area contributed by atoms with Crippen LogP contribution in [-0.2, 0) is 17.8 Å². The van der Waals surface area contributed by atoms with Crippen molar-refractivity contribution in [2.24, 2.45) is 0 Å². The maximum absolute atomic E-state index is 13.2. The predicted molar refractivity (Wildman–Crippen MR) is 145 cm³/mol. The van der Waals surface area contributed by atoms with Gasteiger partial charge in [0.15, 0.2) is 11.5 Å². The molecule has 0 saturated carbocycles. The van der Waals surface area contributed by atoms with Crippen molar-refractivity contribution in [3.63, 3.8) is 0 Å². The van der Waals surface area contributed by atoms with E-state index in [2.05, 4.69) is 0 Å². The van der Waals surface area contributed by atoms with E-state index in [9.17, 15) is 18.8 Å². The SMILES string of the molecule is COc1ccc(CCN(C)C(=O)c2cccc(/C=C3\SC(=O)N(Cc4ccc(F)cc4)C3=O)c2)cc1OC. The zero-order valence-electron chi connectivity index (χ0n) is 21.3. The zero-order chi connectivity index (χ0) is 27.2. The van der Waals surface area contributed by atoms with Gasteiger partial charge in [0.2, 0.25) is 0 Å². The monoisotopic (exact) mass is 534 g/mol. The molecular formula is C29H27FN2O5S. The smallest absolute Gasteiger partial charge is 0.293 e. The number of likely N-dealkylation sites (N-methyl/N-ethyl adjacent to an activating group) is 1. The van der Waals surface area contributed by atoms with Gasteiger partial charge in [-0.25, -0.2) is 4.39 Å². The highest BCUT2D eigenvalue weighted by Crippen LogP contribution is 2.33. The predicted octanol–water partition coefficient (Wildman–Crippen LogP) is 5.39. The Balaban J connectivity index is 1.42. The Labute approximate surface area is 224 Å². The van der Waals surface area contributed by atoms with Gasteiger partial charge in [-0.2, -0.15) is 0 Å². The second kappa shape index (κ2) is 12.0. The van der Waals surface area contributed by atoms with Gasteiger partial charge in [-0.1, -0.05) is 30.3 Å². The summed E-state index contributed by atoms with van der Waals surface area (Å²) in [6.07, 6.45) is 2.24. The van der Waals surface area contributed by atoms with Crippen molar-refractivity contribution in [2.45, 2.75) is 13.0 Å². The number of hydrogen-bond donors (Lipinski definition) is 0. The second-order valence-electron chi connectivity index (χ2n) is 8.69. The number of benzene rings is 3. The summed E-state index contributed by atoms with van der Waals surface area (Å²) >= 11 is 0.841. The molecule has 0 aromatic heterocycles. The minimum absolute atomic E-state index is 0.0612. The first-order chi connectivity index (χ1) is 18.3. The molecule has 7 nitrogen and oxygen atoms in total. The number of hydrogen-bond acceptors (Lipinski definition) is 6. The van der Waals surface area contributed by atoms with Gasteiger partial charge in [0.25, 0.3) is 17.1 Å². The van der Waals surface area contributed by atoms with Gasteiger partial charge in [-0.15, -0.1) is 0 Å². The first-order valence-corrected chi connectivity index (χ1v) is 12.7. The van der Waals surface area contributed by atoms with Gasteiger partial charge < -0.3 is 14.4 Å². The first-order valence-electron chi connectivity index (χ1n) is 11.9. The third kappa shape index (κ3) is 6.23. The molecule has 3 amide bonds. The summed E-state index contributed by atoms with van der Waals surface area (Å²) in [4.78, 5) is 41.4. The molecule has 0 N–H and O–H groups in total. The molecule has 4 rings (SSSR count). The van der Waals surface area contributed by atoms with Crippen molar-refractivity contribution in [3.8, 4) is 11.5 Å². The molecule has 1 fully saturated rings. The molecule has 1 heterocycles. The Hall–Kier alpha value is -4.11. The van der Waals surface area contributed by atoms with Crippen LogP contribution in [0.3, 0.4) is 0 Å². The summed E-state index contributed by atoms with van der Waals surface area (Å²) in [6.45, 7) is 0.548. The highest BCUT2D eigenvalue weighted by atomic mass is 32.2. The van der Waals surface area contributed by atoms with Gasteiger partial charge in [-0.3, -0.25) is 19.3 Å². The molecule has 3 aromatic carbocycles. The number of rotatable bonds is 9. The zero-order valence-corrected chi connectivity index (χ0v) is 22.1. The van der Waals surface area contributed by atoms with Gasteiger partial charge >= 0.3 is 0 Å². The molecule has 0 aliphatic carbocycles. The topological polar surface area (TPSA) is 76.2 Å². The molecule has 0 bridgehead atoms. The highest BCUT2D eigenvalue weighted by molar-refractivity contribution is 8.18. The maximum Gasteiger partial charge on any atom is 0.293 e. The molecular weight excluding hydrogens is 507 g/mol. The van der Waals surface area contributed by atoms with Crippen LogP contribution < -0.4 is 9.47 Å². The Bertz CT molecular complexity index is 1390. The molecule has 3 aromatic rings. The van der Waals surface area contributed by atoms with Crippen LogP contribution >= 0.6 is 11.8 Å². The van der Waals surface area contributed by atoms with Crippen molar-refractivity contribution in [1.29, 1.82) is 0 Å². The first kappa shape index (κ1) is 26.9. The molecule has 1 aliphatic heterocycles. The van der Waals surface area contributed by atoms with E-state index in [0.29, 0.717) is 41.2 Å². The Kier molecular flexibility index (Phi) is 8.48. The molecule has 1 aliphatic rings. The minimum Gasteiger partial charge on any atom is -0.493 e. The number of methoxy groups -OCH3 is 2. The van der Waals surface area contributed by atoms with E-state index in [-0.39, 0.29) is 23.2 Å². The van der Waals surface area contributed by atoms with Gasteiger partial charge in [0.05, 0.1) is 25.7 Å². The van der Waals surface area contributed by atoms with E-state index in [1.54, 1.807) is 68.6 Å². The lowest BCUT2D eigenvalue weighted by molar-refractivity contribution is -0.123. The summed E-state index contributed by atoms with van der Waals surface area (Å²) < 4.78 is 23.8. The van der Waals surface area contributed by atoms with Crippen molar-refractivity contribution < 1.29 is 28.2 Å². The summed E-state index contributed by atoms with van der Waals surface area (Å²) in [6, 6.07) is 18.2. The van der Waals surface area contributed by atoms with E-state index >= 15 is 0 Å². The minimum atomic E-state index is -0.423.